The van der Waals surface area contributed by atoms with Crippen molar-refractivity contribution >= 4 is 33.6 Å². The second kappa shape index (κ2) is 8.73. The number of amides is 3. The molecule has 0 unspecified atom stereocenters. The lowest BCUT2D eigenvalue weighted by molar-refractivity contribution is 0.0762. The van der Waals surface area contributed by atoms with Crippen LogP contribution < -0.4 is 5.32 Å². The van der Waals surface area contributed by atoms with Gasteiger partial charge in [0.25, 0.3) is 5.91 Å². The summed E-state index contributed by atoms with van der Waals surface area (Å²) in [4.78, 5) is 28.8. The summed E-state index contributed by atoms with van der Waals surface area (Å²) in [5.74, 6) is -0.504. The summed E-state index contributed by atoms with van der Waals surface area (Å²) in [6, 6.07) is 9.33. The molecule has 7 heteroatoms. The third-order valence-electron chi connectivity index (χ3n) is 4.89. The van der Waals surface area contributed by atoms with Crippen molar-refractivity contribution in [3.05, 3.63) is 63.4 Å². The highest BCUT2D eigenvalue weighted by molar-refractivity contribution is 9.10. The van der Waals surface area contributed by atoms with Gasteiger partial charge in [-0.1, -0.05) is 15.9 Å². The second-order valence-electron chi connectivity index (χ2n) is 6.98. The van der Waals surface area contributed by atoms with Crippen LogP contribution >= 0.6 is 15.9 Å². The molecule has 0 radical (unpaired) electrons. The molecule has 3 rings (SSSR count). The molecule has 1 saturated heterocycles. The van der Waals surface area contributed by atoms with Gasteiger partial charge in [0.05, 0.1) is 0 Å². The number of nitrogens with zero attached hydrogens (tertiary/aromatic N) is 2. The van der Waals surface area contributed by atoms with Crippen LogP contribution in [0.4, 0.5) is 14.9 Å². The van der Waals surface area contributed by atoms with E-state index in [1.807, 2.05) is 26.0 Å². The maximum absolute atomic E-state index is 13.1. The molecule has 1 heterocycles. The van der Waals surface area contributed by atoms with Gasteiger partial charge in [0.15, 0.2) is 0 Å². The smallest absolute Gasteiger partial charge is 0.321 e. The van der Waals surface area contributed by atoms with Gasteiger partial charge in [-0.3, -0.25) is 4.79 Å². The van der Waals surface area contributed by atoms with Gasteiger partial charge in [0, 0.05) is 41.9 Å². The molecule has 0 atom stereocenters. The number of rotatable bonds is 2. The minimum Gasteiger partial charge on any atom is -0.337 e. The lowest BCUT2D eigenvalue weighted by Crippen LogP contribution is -2.39. The number of carbonyl (C=O) groups excluding carboxylic acids is 2. The molecule has 2 aromatic rings. The van der Waals surface area contributed by atoms with E-state index in [-0.39, 0.29) is 17.8 Å². The maximum Gasteiger partial charge on any atom is 0.321 e. The lowest BCUT2D eigenvalue weighted by Gasteiger charge is -2.23. The number of urea groups is 1. The van der Waals surface area contributed by atoms with Gasteiger partial charge >= 0.3 is 6.03 Å². The average Bonchev–Trinajstić information content (AvgIpc) is 2.91. The van der Waals surface area contributed by atoms with E-state index < -0.39 is 0 Å². The number of carbonyl (C=O) groups is 2. The molecule has 0 spiro atoms. The number of benzene rings is 2. The molecule has 5 nitrogen and oxygen atoms in total. The topological polar surface area (TPSA) is 52.7 Å². The Labute approximate surface area is 172 Å². The van der Waals surface area contributed by atoms with Crippen LogP contribution in [-0.2, 0) is 0 Å². The Kier molecular flexibility index (Phi) is 6.34. The van der Waals surface area contributed by atoms with Crippen molar-refractivity contribution in [3.63, 3.8) is 0 Å². The van der Waals surface area contributed by atoms with Crippen molar-refractivity contribution in [2.24, 2.45) is 0 Å². The molecule has 3 amide bonds. The Morgan fingerprint density at radius 1 is 0.964 bits per heavy atom. The van der Waals surface area contributed by atoms with Crippen molar-refractivity contribution in [2.75, 3.05) is 31.5 Å². The zero-order valence-corrected chi connectivity index (χ0v) is 17.6. The summed E-state index contributed by atoms with van der Waals surface area (Å²) in [5, 5.41) is 3.01. The quantitative estimate of drug-likeness (QED) is 0.731. The van der Waals surface area contributed by atoms with Crippen molar-refractivity contribution in [2.45, 2.75) is 20.3 Å². The normalized spacial score (nSPS) is 14.6. The van der Waals surface area contributed by atoms with Crippen molar-refractivity contribution < 1.29 is 14.0 Å². The van der Waals surface area contributed by atoms with E-state index >= 15 is 0 Å². The molecule has 1 aliphatic heterocycles. The molecule has 0 bridgehead atoms. The Hall–Kier alpha value is -2.41. The van der Waals surface area contributed by atoms with Gasteiger partial charge in [-0.25, -0.2) is 9.18 Å². The van der Waals surface area contributed by atoms with E-state index in [1.165, 1.54) is 24.3 Å². The molecule has 0 aliphatic carbocycles. The fraction of sp³-hybridized carbons (Fsp3) is 0.333. The van der Waals surface area contributed by atoms with Crippen LogP contribution in [0, 0.1) is 19.7 Å². The van der Waals surface area contributed by atoms with Crippen LogP contribution in [-0.4, -0.2) is 47.9 Å². The number of halogens is 2. The fourth-order valence-corrected chi connectivity index (χ4v) is 4.08. The summed E-state index contributed by atoms with van der Waals surface area (Å²) in [6.07, 6.45) is 0.693. The second-order valence-corrected chi connectivity index (χ2v) is 7.90. The minimum atomic E-state index is -0.367. The molecule has 0 aromatic heterocycles. The van der Waals surface area contributed by atoms with Gasteiger partial charge in [0.2, 0.25) is 0 Å². The number of nitrogens with one attached hydrogen (secondary N) is 1. The first kappa shape index (κ1) is 20.3. The van der Waals surface area contributed by atoms with Crippen molar-refractivity contribution in [1.29, 1.82) is 0 Å². The molecule has 28 heavy (non-hydrogen) atoms. The van der Waals surface area contributed by atoms with Gasteiger partial charge in [-0.2, -0.15) is 0 Å². The maximum atomic E-state index is 13.1. The highest BCUT2D eigenvalue weighted by atomic mass is 79.9. The first-order valence-electron chi connectivity index (χ1n) is 9.22. The van der Waals surface area contributed by atoms with Crippen LogP contribution in [0.15, 0.2) is 40.9 Å². The van der Waals surface area contributed by atoms with E-state index in [4.69, 9.17) is 0 Å². The summed E-state index contributed by atoms with van der Waals surface area (Å²) in [6.45, 7) is 5.96. The molecule has 148 valence electrons. The minimum absolute atomic E-state index is 0.137. The number of hydrogen-bond donors (Lipinski definition) is 1. The van der Waals surface area contributed by atoms with Crippen LogP contribution in [0.1, 0.15) is 27.9 Å². The predicted molar refractivity (Wildman–Crippen MR) is 111 cm³/mol. The first-order valence-corrected chi connectivity index (χ1v) is 10.0. The van der Waals surface area contributed by atoms with Crippen LogP contribution in [0.25, 0.3) is 0 Å². The first-order chi connectivity index (χ1) is 13.3. The van der Waals surface area contributed by atoms with E-state index in [0.29, 0.717) is 38.2 Å². The molecular weight excluding hydrogens is 425 g/mol. The standard InChI is InChI=1S/C21H23BrFN3O2/c1-14-12-17(22)13-15(2)19(14)24-21(28)26-9-3-8-25(10-11-26)20(27)16-4-6-18(23)7-5-16/h4-7,12-13H,3,8-11H2,1-2H3,(H,24,28). The molecule has 1 fully saturated rings. The molecule has 1 aliphatic rings. The highest BCUT2D eigenvalue weighted by Gasteiger charge is 2.23. The Bertz CT molecular complexity index is 863. The van der Waals surface area contributed by atoms with Crippen molar-refractivity contribution in [3.8, 4) is 0 Å². The number of aryl methyl sites for hydroxylation is 2. The molecule has 2 aromatic carbocycles. The molecule has 1 N–H and O–H groups in total. The predicted octanol–water partition coefficient (Wildman–Crippen LogP) is 4.59. The Balaban J connectivity index is 1.64. The SMILES string of the molecule is Cc1cc(Br)cc(C)c1NC(=O)N1CCCN(C(=O)c2ccc(F)cc2)CC1. The third-order valence-corrected chi connectivity index (χ3v) is 5.35. The lowest BCUT2D eigenvalue weighted by atomic mass is 10.1. The molecule has 0 saturated carbocycles. The average molecular weight is 448 g/mol. The summed E-state index contributed by atoms with van der Waals surface area (Å²) >= 11 is 3.46. The third kappa shape index (κ3) is 4.70. The van der Waals surface area contributed by atoms with Crippen molar-refractivity contribution in [1.82, 2.24) is 9.80 Å². The summed E-state index contributed by atoms with van der Waals surface area (Å²) in [5.41, 5.74) is 3.25. The monoisotopic (exact) mass is 447 g/mol. The zero-order valence-electron chi connectivity index (χ0n) is 16.0. The van der Waals surface area contributed by atoms with Crippen LogP contribution in [0.3, 0.4) is 0 Å². The van der Waals surface area contributed by atoms with E-state index in [1.54, 1.807) is 9.80 Å². The van der Waals surface area contributed by atoms with Crippen LogP contribution in [0.2, 0.25) is 0 Å². The summed E-state index contributed by atoms with van der Waals surface area (Å²) < 4.78 is 14.1. The zero-order chi connectivity index (χ0) is 20.3. The largest absolute Gasteiger partial charge is 0.337 e. The molecular formula is C21H23BrFN3O2. The van der Waals surface area contributed by atoms with E-state index in [2.05, 4.69) is 21.2 Å². The summed E-state index contributed by atoms with van der Waals surface area (Å²) in [7, 11) is 0. The highest BCUT2D eigenvalue weighted by Crippen LogP contribution is 2.25. The van der Waals surface area contributed by atoms with Crippen LogP contribution in [0.5, 0.6) is 0 Å². The van der Waals surface area contributed by atoms with Gasteiger partial charge in [0.1, 0.15) is 5.82 Å². The van der Waals surface area contributed by atoms with E-state index in [0.717, 1.165) is 21.3 Å². The fourth-order valence-electron chi connectivity index (χ4n) is 3.39. The van der Waals surface area contributed by atoms with Gasteiger partial charge in [-0.05, 0) is 67.8 Å². The Morgan fingerprint density at radius 3 is 2.18 bits per heavy atom. The van der Waals surface area contributed by atoms with Gasteiger partial charge in [-0.15, -0.1) is 0 Å². The van der Waals surface area contributed by atoms with E-state index in [9.17, 15) is 14.0 Å². The van der Waals surface area contributed by atoms with Gasteiger partial charge < -0.3 is 15.1 Å². The number of anilines is 1. The Morgan fingerprint density at radius 2 is 1.54 bits per heavy atom. The number of hydrogen-bond acceptors (Lipinski definition) is 2.